The van der Waals surface area contributed by atoms with Gasteiger partial charge in [0.25, 0.3) is 0 Å². The molecule has 3 aromatic rings. The second-order valence-corrected chi connectivity index (χ2v) is 8.90. The van der Waals surface area contributed by atoms with Crippen molar-refractivity contribution in [3.05, 3.63) is 58.7 Å². The van der Waals surface area contributed by atoms with Gasteiger partial charge in [0, 0.05) is 33.9 Å². The Balaban J connectivity index is 1.47. The van der Waals surface area contributed by atoms with Crippen LogP contribution in [0.4, 0.5) is 0 Å². The molecule has 0 saturated carbocycles. The molecule has 29 heavy (non-hydrogen) atoms. The van der Waals surface area contributed by atoms with E-state index in [4.69, 9.17) is 0 Å². The molecule has 1 aliphatic rings. The van der Waals surface area contributed by atoms with Gasteiger partial charge in [0.15, 0.2) is 10.1 Å². The van der Waals surface area contributed by atoms with Crippen molar-refractivity contribution in [2.24, 2.45) is 5.10 Å². The number of halogens is 1. The number of nitrogens with zero attached hydrogens (tertiary/aromatic N) is 4. The van der Waals surface area contributed by atoms with E-state index in [1.54, 1.807) is 6.08 Å². The van der Waals surface area contributed by atoms with Gasteiger partial charge in [0.2, 0.25) is 11.8 Å². The Morgan fingerprint density at radius 2 is 2.17 bits per heavy atom. The molecule has 1 N–H and O–H groups in total. The van der Waals surface area contributed by atoms with Crippen LogP contribution in [0.3, 0.4) is 0 Å². The molecule has 1 saturated heterocycles. The van der Waals surface area contributed by atoms with Crippen LogP contribution in [0.15, 0.2) is 58.1 Å². The van der Waals surface area contributed by atoms with E-state index >= 15 is 0 Å². The highest BCUT2D eigenvalue weighted by Gasteiger charge is 2.27. The first-order valence-corrected chi connectivity index (χ1v) is 11.3. The third-order valence-corrected chi connectivity index (χ3v) is 6.59. The van der Waals surface area contributed by atoms with Crippen molar-refractivity contribution in [2.75, 3.05) is 12.3 Å². The van der Waals surface area contributed by atoms with Crippen molar-refractivity contribution in [1.29, 1.82) is 0 Å². The van der Waals surface area contributed by atoms with E-state index in [1.807, 2.05) is 40.2 Å². The summed E-state index contributed by atoms with van der Waals surface area (Å²) in [6, 6.07) is 7.93. The van der Waals surface area contributed by atoms with Crippen LogP contribution in [-0.4, -0.2) is 43.6 Å². The number of hydrogen-bond donors (Lipinski definition) is 1. The molecule has 1 fully saturated rings. The van der Waals surface area contributed by atoms with Gasteiger partial charge in [0.1, 0.15) is 0 Å². The van der Waals surface area contributed by atoms with Gasteiger partial charge in [-0.1, -0.05) is 45.9 Å². The van der Waals surface area contributed by atoms with E-state index in [-0.39, 0.29) is 18.2 Å². The lowest BCUT2D eigenvalue weighted by Gasteiger charge is -2.12. The minimum atomic E-state index is -0.255. The summed E-state index contributed by atoms with van der Waals surface area (Å²) in [6.07, 6.45) is 3.72. The van der Waals surface area contributed by atoms with Crippen LogP contribution in [-0.2, 0) is 16.0 Å². The summed E-state index contributed by atoms with van der Waals surface area (Å²) < 4.78 is 2.93. The summed E-state index contributed by atoms with van der Waals surface area (Å²) in [7, 11) is 0. The van der Waals surface area contributed by atoms with Crippen molar-refractivity contribution in [2.45, 2.75) is 6.42 Å². The first-order valence-electron chi connectivity index (χ1n) is 8.67. The minimum absolute atomic E-state index is 0.0404. The van der Waals surface area contributed by atoms with E-state index < -0.39 is 0 Å². The van der Waals surface area contributed by atoms with Gasteiger partial charge in [-0.2, -0.15) is 0 Å². The van der Waals surface area contributed by atoms with Crippen LogP contribution in [0.1, 0.15) is 5.69 Å². The number of fused-ring (bicyclic) bond motifs is 1. The Labute approximate surface area is 183 Å². The molecule has 0 atom stereocenters. The lowest BCUT2D eigenvalue weighted by molar-refractivity contribution is -0.124. The Morgan fingerprint density at radius 1 is 1.38 bits per heavy atom. The van der Waals surface area contributed by atoms with Gasteiger partial charge in [-0.05, 0) is 12.1 Å². The van der Waals surface area contributed by atoms with Gasteiger partial charge in [-0.25, -0.2) is 10.4 Å². The second kappa shape index (κ2) is 8.52. The van der Waals surface area contributed by atoms with Crippen LogP contribution in [0.2, 0.25) is 0 Å². The molecular formula is C19H16BrN5O2S2. The Bertz CT molecular complexity index is 1120. The number of thioether (sulfide) groups is 1. The van der Waals surface area contributed by atoms with Crippen LogP contribution in [0.5, 0.6) is 0 Å². The van der Waals surface area contributed by atoms with Crippen molar-refractivity contribution in [3.63, 3.8) is 0 Å². The zero-order valence-corrected chi connectivity index (χ0v) is 18.4. The number of carbonyl (C=O) groups excluding carboxylic acids is 2. The molecule has 148 valence electrons. The fourth-order valence-electron chi connectivity index (χ4n) is 2.82. The fourth-order valence-corrected chi connectivity index (χ4v) is 4.81. The monoisotopic (exact) mass is 489 g/mol. The maximum atomic E-state index is 12.4. The summed E-state index contributed by atoms with van der Waals surface area (Å²) in [5.41, 5.74) is 5.24. The molecule has 1 aliphatic heterocycles. The van der Waals surface area contributed by atoms with Crippen LogP contribution in [0, 0.1) is 0 Å². The zero-order valence-electron chi connectivity index (χ0n) is 15.2. The van der Waals surface area contributed by atoms with E-state index in [9.17, 15) is 9.59 Å². The molecule has 1 aromatic carbocycles. The average Bonchev–Trinajstić information content (AvgIpc) is 3.38. The summed E-state index contributed by atoms with van der Waals surface area (Å²) in [6.45, 7) is 4.01. The standard InChI is InChI=1S/C19H16BrN5O2S2/c1-2-7-24-17(27)11-29-19(24)23-22-16(26)8-14-10-28-18-21-15(9-25(14)18)12-3-5-13(20)6-4-12/h2-6,9-10H,1,7-8,11H2,(H,22,26)/b23-19-. The summed E-state index contributed by atoms with van der Waals surface area (Å²) in [4.78, 5) is 31.2. The predicted molar refractivity (Wildman–Crippen MR) is 120 cm³/mol. The number of imidazole rings is 1. The number of hydrogen-bond acceptors (Lipinski definition) is 6. The SMILES string of the molecule is C=CCN1C(=O)CS/C1=N\NC(=O)Cc1csc2nc(-c3ccc(Br)cc3)cn12. The second-order valence-electron chi connectivity index (χ2n) is 6.20. The molecule has 0 unspecified atom stereocenters. The van der Waals surface area contributed by atoms with E-state index in [0.717, 1.165) is 26.4 Å². The molecule has 0 aliphatic carbocycles. The summed E-state index contributed by atoms with van der Waals surface area (Å²) in [5.74, 6) is 0.0256. The highest BCUT2D eigenvalue weighted by molar-refractivity contribution is 9.10. The fraction of sp³-hybridized carbons (Fsp3) is 0.158. The molecule has 4 rings (SSSR count). The van der Waals surface area contributed by atoms with E-state index in [2.05, 4.69) is 38.0 Å². The lowest BCUT2D eigenvalue weighted by Crippen LogP contribution is -2.32. The van der Waals surface area contributed by atoms with Gasteiger partial charge in [-0.3, -0.25) is 18.9 Å². The number of carbonyl (C=O) groups is 2. The average molecular weight is 490 g/mol. The van der Waals surface area contributed by atoms with Crippen LogP contribution < -0.4 is 5.43 Å². The number of aromatic nitrogens is 2. The molecule has 2 aromatic heterocycles. The molecule has 0 bridgehead atoms. The third kappa shape index (κ3) is 4.29. The maximum absolute atomic E-state index is 12.4. The molecular weight excluding hydrogens is 474 g/mol. The maximum Gasteiger partial charge on any atom is 0.246 e. The normalized spacial score (nSPS) is 15.4. The minimum Gasteiger partial charge on any atom is -0.294 e. The lowest BCUT2D eigenvalue weighted by atomic mass is 10.2. The predicted octanol–water partition coefficient (Wildman–Crippen LogP) is 3.52. The summed E-state index contributed by atoms with van der Waals surface area (Å²) in [5, 5.41) is 6.51. The van der Waals surface area contributed by atoms with Crippen molar-refractivity contribution in [3.8, 4) is 11.3 Å². The van der Waals surface area contributed by atoms with Crippen molar-refractivity contribution < 1.29 is 9.59 Å². The quantitative estimate of drug-likeness (QED) is 0.424. The third-order valence-electron chi connectivity index (χ3n) is 4.21. The van der Waals surface area contributed by atoms with Crippen molar-refractivity contribution in [1.82, 2.24) is 19.7 Å². The molecule has 0 spiro atoms. The smallest absolute Gasteiger partial charge is 0.246 e. The Morgan fingerprint density at radius 3 is 2.93 bits per heavy atom. The number of rotatable bonds is 6. The Kier molecular flexibility index (Phi) is 5.84. The first kappa shape index (κ1) is 19.9. The first-order chi connectivity index (χ1) is 14.0. The molecule has 10 heteroatoms. The van der Waals surface area contributed by atoms with E-state index in [1.165, 1.54) is 28.0 Å². The zero-order chi connectivity index (χ0) is 20.4. The highest BCUT2D eigenvalue weighted by Crippen LogP contribution is 2.25. The molecule has 0 radical (unpaired) electrons. The largest absolute Gasteiger partial charge is 0.294 e. The summed E-state index contributed by atoms with van der Waals surface area (Å²) >= 11 is 6.22. The van der Waals surface area contributed by atoms with Crippen molar-refractivity contribution >= 4 is 61.0 Å². The number of amidine groups is 1. The molecule has 3 heterocycles. The van der Waals surface area contributed by atoms with Gasteiger partial charge in [-0.15, -0.1) is 23.0 Å². The molecule has 2 amide bonds. The highest BCUT2D eigenvalue weighted by atomic mass is 79.9. The number of nitrogens with one attached hydrogen (secondary N) is 1. The van der Waals surface area contributed by atoms with E-state index in [0.29, 0.717) is 17.5 Å². The number of thiazole rings is 1. The van der Waals surface area contributed by atoms with Gasteiger partial charge in [0.05, 0.1) is 17.9 Å². The number of benzene rings is 1. The molecule has 7 nitrogen and oxygen atoms in total. The Hall–Kier alpha value is -2.43. The van der Waals surface area contributed by atoms with Gasteiger partial charge >= 0.3 is 0 Å². The van der Waals surface area contributed by atoms with Gasteiger partial charge < -0.3 is 0 Å². The topological polar surface area (TPSA) is 79.1 Å². The number of hydrazone groups is 1. The van der Waals surface area contributed by atoms with Crippen LogP contribution >= 0.6 is 39.0 Å². The van der Waals surface area contributed by atoms with Crippen LogP contribution in [0.25, 0.3) is 16.2 Å². The number of amides is 2.